The van der Waals surface area contributed by atoms with Gasteiger partial charge in [-0.15, -0.1) is 10.2 Å². The second-order valence-electron chi connectivity index (χ2n) is 7.72. The van der Waals surface area contributed by atoms with Crippen molar-refractivity contribution >= 4 is 34.2 Å². The normalized spacial score (nSPS) is 11.7. The van der Waals surface area contributed by atoms with Crippen molar-refractivity contribution < 1.29 is 18.0 Å². The van der Waals surface area contributed by atoms with Crippen LogP contribution in [0.15, 0.2) is 36.5 Å². The summed E-state index contributed by atoms with van der Waals surface area (Å²) in [6, 6.07) is 8.45. The molecule has 0 aliphatic carbocycles. The molecule has 4 rings (SSSR count). The highest BCUT2D eigenvalue weighted by atomic mass is 35.5. The molecule has 0 unspecified atom stereocenters. The first kappa shape index (κ1) is 23.4. The van der Waals surface area contributed by atoms with Gasteiger partial charge >= 0.3 is 6.18 Å². The molecule has 0 aliphatic rings. The molecule has 34 heavy (non-hydrogen) atoms. The fourth-order valence-electron chi connectivity index (χ4n) is 3.59. The molecule has 176 valence electrons. The van der Waals surface area contributed by atoms with Crippen LogP contribution < -0.4 is 11.1 Å². The molecule has 0 saturated carbocycles. The maximum atomic E-state index is 13.6. The van der Waals surface area contributed by atoms with Gasteiger partial charge in [0.25, 0.3) is 5.91 Å². The molecular formula is C22H19ClF3N7O. The highest BCUT2D eigenvalue weighted by Crippen LogP contribution is 2.30. The van der Waals surface area contributed by atoms with Crippen molar-refractivity contribution in [3.8, 4) is 0 Å². The Kier molecular flexibility index (Phi) is 6.13. The molecule has 0 atom stereocenters. The Bertz CT molecular complexity index is 1380. The summed E-state index contributed by atoms with van der Waals surface area (Å²) >= 11 is 5.97. The van der Waals surface area contributed by atoms with Crippen LogP contribution in [0.5, 0.6) is 0 Å². The number of nitrogens with zero attached hydrogens (tertiary/aromatic N) is 5. The summed E-state index contributed by atoms with van der Waals surface area (Å²) in [7, 11) is 0. The zero-order chi connectivity index (χ0) is 24.6. The van der Waals surface area contributed by atoms with E-state index in [-0.39, 0.29) is 13.1 Å². The minimum atomic E-state index is -4.86. The summed E-state index contributed by atoms with van der Waals surface area (Å²) in [5.74, 6) is -0.678. The minimum absolute atomic E-state index is 0.0353. The molecule has 3 heterocycles. The number of nitrogens with one attached hydrogen (secondary N) is 1. The monoisotopic (exact) mass is 489 g/mol. The van der Waals surface area contributed by atoms with Gasteiger partial charge in [0.2, 0.25) is 0 Å². The Labute approximate surface area is 197 Å². The molecule has 0 bridgehead atoms. The first-order valence-corrected chi connectivity index (χ1v) is 10.5. The number of anilines is 1. The zero-order valence-electron chi connectivity index (χ0n) is 18.1. The van der Waals surface area contributed by atoms with E-state index in [4.69, 9.17) is 17.3 Å². The average molecular weight is 490 g/mol. The summed E-state index contributed by atoms with van der Waals surface area (Å²) in [4.78, 5) is 21.8. The largest absolute Gasteiger partial charge is 0.437 e. The number of hydrogen-bond acceptors (Lipinski definition) is 6. The van der Waals surface area contributed by atoms with E-state index in [2.05, 4.69) is 25.5 Å². The van der Waals surface area contributed by atoms with E-state index >= 15 is 0 Å². The highest BCUT2D eigenvalue weighted by Gasteiger charge is 2.40. The molecule has 0 fully saturated rings. The second kappa shape index (κ2) is 8.90. The van der Waals surface area contributed by atoms with Crippen LogP contribution in [-0.4, -0.2) is 30.9 Å². The van der Waals surface area contributed by atoms with Crippen LogP contribution in [0.2, 0.25) is 5.02 Å². The number of carbonyl (C=O) groups excluding carboxylic acids is 1. The van der Waals surface area contributed by atoms with Crippen molar-refractivity contribution in [1.82, 2.24) is 30.3 Å². The van der Waals surface area contributed by atoms with Crippen LogP contribution in [0.25, 0.3) is 10.9 Å². The van der Waals surface area contributed by atoms with E-state index in [0.717, 1.165) is 10.4 Å². The predicted molar refractivity (Wildman–Crippen MR) is 120 cm³/mol. The number of pyridine rings is 2. The van der Waals surface area contributed by atoms with Crippen molar-refractivity contribution in [2.24, 2.45) is 0 Å². The van der Waals surface area contributed by atoms with E-state index in [9.17, 15) is 18.0 Å². The lowest BCUT2D eigenvalue weighted by molar-refractivity contribution is -0.141. The third-order valence-electron chi connectivity index (χ3n) is 5.17. The molecule has 0 spiro atoms. The maximum Gasteiger partial charge on any atom is 0.437 e. The van der Waals surface area contributed by atoms with E-state index in [1.165, 1.54) is 6.20 Å². The van der Waals surface area contributed by atoms with Crippen LogP contribution >= 0.6 is 11.6 Å². The van der Waals surface area contributed by atoms with Gasteiger partial charge in [-0.3, -0.25) is 9.78 Å². The number of fused-ring (bicyclic) bond motifs is 1. The van der Waals surface area contributed by atoms with Crippen molar-refractivity contribution in [2.45, 2.75) is 33.1 Å². The van der Waals surface area contributed by atoms with E-state index in [1.807, 2.05) is 0 Å². The van der Waals surface area contributed by atoms with Gasteiger partial charge in [0, 0.05) is 23.8 Å². The standard InChI is InChI=1S/C22H19ClF3N7O/c1-11-5-18(27)30-12(2)16(11)9-29-21(34)19-20(22(24,25)26)32-33(31-19)10-13-3-4-17-14(6-13)7-15(23)8-28-17/h3-8H,9-10H2,1-2H3,(H2,27,30)(H,29,34). The van der Waals surface area contributed by atoms with Gasteiger partial charge in [-0.1, -0.05) is 17.7 Å². The topological polar surface area (TPSA) is 112 Å². The molecule has 3 N–H and O–H groups in total. The second-order valence-corrected chi connectivity index (χ2v) is 8.15. The number of nitrogen functional groups attached to an aromatic ring is 1. The third-order valence-corrected chi connectivity index (χ3v) is 5.38. The number of benzene rings is 1. The molecule has 12 heteroatoms. The summed E-state index contributed by atoms with van der Waals surface area (Å²) in [5, 5.41) is 11.0. The number of halogens is 4. The van der Waals surface area contributed by atoms with Gasteiger partial charge in [-0.2, -0.15) is 18.0 Å². The number of aromatic nitrogens is 5. The molecule has 0 aliphatic heterocycles. The molecule has 0 radical (unpaired) electrons. The molecule has 1 amide bonds. The first-order chi connectivity index (χ1) is 16.0. The maximum absolute atomic E-state index is 13.6. The molecule has 1 aromatic carbocycles. The predicted octanol–water partition coefficient (Wildman–Crippen LogP) is 4.07. The van der Waals surface area contributed by atoms with Crippen LogP contribution in [0, 0.1) is 13.8 Å². The number of hydrogen-bond donors (Lipinski definition) is 2. The minimum Gasteiger partial charge on any atom is -0.384 e. The lowest BCUT2D eigenvalue weighted by atomic mass is 10.1. The van der Waals surface area contributed by atoms with Gasteiger partial charge in [0.15, 0.2) is 11.4 Å². The summed E-state index contributed by atoms with van der Waals surface area (Å²) < 4.78 is 40.8. The Morgan fingerprint density at radius 3 is 2.65 bits per heavy atom. The Hall–Kier alpha value is -3.73. The molecule has 8 nitrogen and oxygen atoms in total. The number of aryl methyl sites for hydroxylation is 2. The Morgan fingerprint density at radius 1 is 1.18 bits per heavy atom. The molecule has 3 aromatic heterocycles. The number of rotatable bonds is 5. The SMILES string of the molecule is Cc1cc(N)nc(C)c1CNC(=O)c1nn(Cc2ccc3ncc(Cl)cc3c2)nc1C(F)(F)F. The van der Waals surface area contributed by atoms with Gasteiger partial charge in [-0.25, -0.2) is 4.98 Å². The van der Waals surface area contributed by atoms with E-state index < -0.39 is 23.5 Å². The quantitative estimate of drug-likeness (QED) is 0.437. The summed E-state index contributed by atoms with van der Waals surface area (Å²) in [6.45, 7) is 3.36. The van der Waals surface area contributed by atoms with Gasteiger partial charge in [0.1, 0.15) is 5.82 Å². The Balaban J connectivity index is 1.59. The fraction of sp³-hybridized carbons (Fsp3) is 0.227. The number of amides is 1. The first-order valence-electron chi connectivity index (χ1n) is 10.1. The highest BCUT2D eigenvalue weighted by molar-refractivity contribution is 6.31. The number of alkyl halides is 3. The zero-order valence-corrected chi connectivity index (χ0v) is 18.9. The van der Waals surface area contributed by atoms with Crippen LogP contribution in [0.4, 0.5) is 19.0 Å². The Morgan fingerprint density at radius 2 is 1.94 bits per heavy atom. The van der Waals surface area contributed by atoms with E-state index in [0.29, 0.717) is 38.6 Å². The fourth-order valence-corrected chi connectivity index (χ4v) is 3.75. The van der Waals surface area contributed by atoms with E-state index in [1.54, 1.807) is 44.2 Å². The molecular weight excluding hydrogens is 471 g/mol. The lowest BCUT2D eigenvalue weighted by Gasteiger charge is -2.11. The molecule has 4 aromatic rings. The van der Waals surface area contributed by atoms with Crippen molar-refractivity contribution in [1.29, 1.82) is 0 Å². The lowest BCUT2D eigenvalue weighted by Crippen LogP contribution is -2.27. The molecule has 0 saturated heterocycles. The van der Waals surface area contributed by atoms with Gasteiger partial charge in [-0.05, 0) is 54.8 Å². The van der Waals surface area contributed by atoms with Crippen LogP contribution in [-0.2, 0) is 19.3 Å². The van der Waals surface area contributed by atoms with Crippen molar-refractivity contribution in [3.63, 3.8) is 0 Å². The number of nitrogens with two attached hydrogens (primary N) is 1. The summed E-state index contributed by atoms with van der Waals surface area (Å²) in [6.07, 6.45) is -3.36. The van der Waals surface area contributed by atoms with Crippen molar-refractivity contribution in [3.05, 3.63) is 75.3 Å². The summed E-state index contributed by atoms with van der Waals surface area (Å²) in [5.41, 5.74) is 6.81. The van der Waals surface area contributed by atoms with Gasteiger partial charge in [0.05, 0.1) is 17.1 Å². The smallest absolute Gasteiger partial charge is 0.384 e. The van der Waals surface area contributed by atoms with Crippen LogP contribution in [0.1, 0.15) is 38.6 Å². The average Bonchev–Trinajstić information content (AvgIpc) is 3.17. The van der Waals surface area contributed by atoms with Gasteiger partial charge < -0.3 is 11.1 Å². The van der Waals surface area contributed by atoms with Crippen molar-refractivity contribution in [2.75, 3.05) is 5.73 Å². The number of carbonyl (C=O) groups is 1. The van der Waals surface area contributed by atoms with Crippen LogP contribution in [0.3, 0.4) is 0 Å². The third kappa shape index (κ3) is 4.93.